The van der Waals surface area contributed by atoms with Crippen molar-refractivity contribution in [2.75, 3.05) is 19.0 Å². The molecule has 0 radical (unpaired) electrons. The van der Waals surface area contributed by atoms with E-state index in [-0.39, 0.29) is 5.41 Å². The van der Waals surface area contributed by atoms with Gasteiger partial charge in [0.2, 0.25) is 0 Å². The Morgan fingerprint density at radius 1 is 1.47 bits per heavy atom. The van der Waals surface area contributed by atoms with Crippen LogP contribution in [0.2, 0.25) is 0 Å². The van der Waals surface area contributed by atoms with Crippen LogP contribution in [0.4, 0.5) is 0 Å². The second-order valence-electron chi connectivity index (χ2n) is 4.79. The summed E-state index contributed by atoms with van der Waals surface area (Å²) in [6.45, 7) is 6.03. The van der Waals surface area contributed by atoms with Crippen molar-refractivity contribution in [2.45, 2.75) is 37.0 Å². The maximum absolute atomic E-state index is 5.70. The Morgan fingerprint density at radius 3 is 3.06 bits per heavy atom. The predicted octanol–water partition coefficient (Wildman–Crippen LogP) is 4.63. The van der Waals surface area contributed by atoms with Gasteiger partial charge >= 0.3 is 0 Å². The van der Waals surface area contributed by atoms with Gasteiger partial charge in [-0.3, -0.25) is 0 Å². The van der Waals surface area contributed by atoms with Gasteiger partial charge in [0.1, 0.15) is 0 Å². The summed E-state index contributed by atoms with van der Waals surface area (Å²) in [5, 5.41) is 0. The third-order valence-corrected chi connectivity index (χ3v) is 4.98. The molecule has 17 heavy (non-hydrogen) atoms. The molecule has 1 aliphatic rings. The summed E-state index contributed by atoms with van der Waals surface area (Å²) in [5.74, 6) is 1.21. The van der Waals surface area contributed by atoms with E-state index in [4.69, 9.17) is 4.74 Å². The van der Waals surface area contributed by atoms with E-state index in [0.717, 1.165) is 13.2 Å². The van der Waals surface area contributed by atoms with Gasteiger partial charge < -0.3 is 4.74 Å². The zero-order valence-electron chi connectivity index (χ0n) is 10.5. The van der Waals surface area contributed by atoms with Crippen molar-refractivity contribution in [1.29, 1.82) is 0 Å². The number of thioether (sulfide) groups is 1. The van der Waals surface area contributed by atoms with E-state index in [2.05, 4.69) is 48.0 Å². The lowest BCUT2D eigenvalue weighted by atomic mass is 9.79. The van der Waals surface area contributed by atoms with E-state index in [9.17, 15) is 0 Å². The average Bonchev–Trinajstić information content (AvgIpc) is 2.47. The molecule has 1 unspecified atom stereocenters. The largest absolute Gasteiger partial charge is 0.381 e. The fourth-order valence-electron chi connectivity index (χ4n) is 2.37. The fraction of sp³-hybridized carbons (Fsp3) is 0.571. The van der Waals surface area contributed by atoms with Crippen molar-refractivity contribution in [2.24, 2.45) is 0 Å². The Balaban J connectivity index is 2.35. The molecule has 1 heterocycles. The zero-order chi connectivity index (χ0) is 12.3. The molecule has 0 N–H and O–H groups in total. The summed E-state index contributed by atoms with van der Waals surface area (Å²) in [6, 6.07) is 6.65. The molecule has 1 aromatic rings. The first-order chi connectivity index (χ1) is 8.15. The first-order valence-corrected chi connectivity index (χ1v) is 7.94. The maximum atomic E-state index is 5.70. The molecule has 0 spiro atoms. The molecule has 1 nitrogen and oxygen atoms in total. The average molecular weight is 315 g/mol. The Kier molecular flexibility index (Phi) is 4.56. The van der Waals surface area contributed by atoms with E-state index >= 15 is 0 Å². The Bertz CT molecular complexity index is 394. The smallest absolute Gasteiger partial charge is 0.0560 e. The summed E-state index contributed by atoms with van der Waals surface area (Å²) in [6.07, 6.45) is 2.48. The second-order valence-corrected chi connectivity index (χ2v) is 6.84. The van der Waals surface area contributed by atoms with Crippen molar-refractivity contribution in [3.05, 3.63) is 28.2 Å². The number of rotatable bonds is 3. The molecule has 0 bridgehead atoms. The van der Waals surface area contributed by atoms with E-state index in [0.29, 0.717) is 0 Å². The van der Waals surface area contributed by atoms with Gasteiger partial charge in [0, 0.05) is 21.4 Å². The highest BCUT2D eigenvalue weighted by atomic mass is 79.9. The van der Waals surface area contributed by atoms with Crippen LogP contribution in [-0.2, 0) is 10.2 Å². The van der Waals surface area contributed by atoms with Crippen molar-refractivity contribution in [3.8, 4) is 0 Å². The quantitative estimate of drug-likeness (QED) is 0.804. The molecule has 3 heteroatoms. The number of fused-ring (bicyclic) bond motifs is 1. The van der Waals surface area contributed by atoms with Crippen molar-refractivity contribution in [1.82, 2.24) is 0 Å². The number of ether oxygens (including phenoxy) is 1. The third kappa shape index (κ3) is 3.07. The summed E-state index contributed by atoms with van der Waals surface area (Å²) in [7, 11) is 0. The van der Waals surface area contributed by atoms with Crippen LogP contribution in [0.3, 0.4) is 0 Å². The molecule has 1 atom stereocenters. The molecule has 1 aromatic carbocycles. The molecule has 0 amide bonds. The summed E-state index contributed by atoms with van der Waals surface area (Å²) >= 11 is 5.54. The predicted molar refractivity (Wildman–Crippen MR) is 77.9 cm³/mol. The monoisotopic (exact) mass is 314 g/mol. The van der Waals surface area contributed by atoms with Gasteiger partial charge in [0.15, 0.2) is 0 Å². The van der Waals surface area contributed by atoms with Crippen LogP contribution < -0.4 is 0 Å². The van der Waals surface area contributed by atoms with Gasteiger partial charge in [-0.2, -0.15) is 0 Å². The number of hydrogen-bond donors (Lipinski definition) is 0. The minimum Gasteiger partial charge on any atom is -0.381 e. The first kappa shape index (κ1) is 13.4. The van der Waals surface area contributed by atoms with Crippen molar-refractivity contribution >= 4 is 27.7 Å². The molecule has 1 aliphatic heterocycles. The normalized spacial score (nSPS) is 24.2. The van der Waals surface area contributed by atoms with Crippen LogP contribution in [0.25, 0.3) is 0 Å². The van der Waals surface area contributed by atoms with Crippen LogP contribution in [0, 0.1) is 0 Å². The highest BCUT2D eigenvalue weighted by Gasteiger charge is 2.31. The van der Waals surface area contributed by atoms with E-state index in [1.165, 1.54) is 33.5 Å². The molecular formula is C14H19BrOS. The van der Waals surface area contributed by atoms with Crippen LogP contribution in [-0.4, -0.2) is 19.0 Å². The molecule has 94 valence electrons. The van der Waals surface area contributed by atoms with Crippen molar-refractivity contribution < 1.29 is 4.74 Å². The van der Waals surface area contributed by atoms with Crippen LogP contribution in [0.15, 0.2) is 27.6 Å². The number of halogens is 1. The highest BCUT2D eigenvalue weighted by Crippen LogP contribution is 2.41. The van der Waals surface area contributed by atoms with E-state index < -0.39 is 0 Å². The standard InChI is InChI=1S/C14H19BrOS/c1-3-16-10-14(2)7-4-8-17-13-9-11(15)5-6-12(13)14/h5-6,9H,3-4,7-8,10H2,1-2H3. The third-order valence-electron chi connectivity index (χ3n) is 3.35. The lowest BCUT2D eigenvalue weighted by Gasteiger charge is -2.29. The van der Waals surface area contributed by atoms with Crippen LogP contribution in [0.5, 0.6) is 0 Å². The molecule has 0 aliphatic carbocycles. The van der Waals surface area contributed by atoms with Gasteiger partial charge in [0.05, 0.1) is 6.61 Å². The summed E-state index contributed by atoms with van der Waals surface area (Å²) in [4.78, 5) is 1.42. The zero-order valence-corrected chi connectivity index (χ0v) is 12.9. The fourth-order valence-corrected chi connectivity index (χ4v) is 4.07. The van der Waals surface area contributed by atoms with E-state index in [1.54, 1.807) is 0 Å². The maximum Gasteiger partial charge on any atom is 0.0560 e. The topological polar surface area (TPSA) is 9.23 Å². The van der Waals surface area contributed by atoms with Gasteiger partial charge in [-0.05, 0) is 43.2 Å². The second kappa shape index (κ2) is 5.77. The van der Waals surface area contributed by atoms with Crippen molar-refractivity contribution in [3.63, 3.8) is 0 Å². The number of hydrogen-bond acceptors (Lipinski definition) is 2. The Labute approximate surface area is 116 Å². The number of benzene rings is 1. The van der Waals surface area contributed by atoms with Gasteiger partial charge in [0.25, 0.3) is 0 Å². The minimum atomic E-state index is 0.176. The lowest BCUT2D eigenvalue weighted by molar-refractivity contribution is 0.0937. The SMILES string of the molecule is CCOCC1(C)CCCSc2cc(Br)ccc21. The minimum absolute atomic E-state index is 0.176. The van der Waals surface area contributed by atoms with Gasteiger partial charge in [-0.15, -0.1) is 11.8 Å². The van der Waals surface area contributed by atoms with Gasteiger partial charge in [-0.1, -0.05) is 28.9 Å². The highest BCUT2D eigenvalue weighted by molar-refractivity contribution is 9.10. The summed E-state index contributed by atoms with van der Waals surface area (Å²) < 4.78 is 6.87. The molecule has 2 rings (SSSR count). The molecular weight excluding hydrogens is 296 g/mol. The molecule has 0 fully saturated rings. The summed E-state index contributed by atoms with van der Waals surface area (Å²) in [5.41, 5.74) is 1.63. The molecule has 0 aromatic heterocycles. The molecule has 0 saturated carbocycles. The Hall–Kier alpha value is 0.01000. The Morgan fingerprint density at radius 2 is 2.29 bits per heavy atom. The van der Waals surface area contributed by atoms with E-state index in [1.807, 2.05) is 11.8 Å². The van der Waals surface area contributed by atoms with Crippen LogP contribution in [0.1, 0.15) is 32.3 Å². The van der Waals surface area contributed by atoms with Crippen LogP contribution >= 0.6 is 27.7 Å². The van der Waals surface area contributed by atoms with Gasteiger partial charge in [-0.25, -0.2) is 0 Å². The lowest BCUT2D eigenvalue weighted by Crippen LogP contribution is -2.28. The molecule has 0 saturated heterocycles. The first-order valence-electron chi connectivity index (χ1n) is 6.16.